The van der Waals surface area contributed by atoms with Gasteiger partial charge in [-0.05, 0) is 17.2 Å². The fourth-order valence-electron chi connectivity index (χ4n) is 2.00. The lowest BCUT2D eigenvalue weighted by Gasteiger charge is -2.14. The first-order chi connectivity index (χ1) is 11.7. The second kappa shape index (κ2) is 9.15. The Morgan fingerprint density at radius 1 is 1.04 bits per heavy atom. The fourth-order valence-corrected chi connectivity index (χ4v) is 2.00. The largest absolute Gasteiger partial charge is 0.452 e. The smallest absolute Gasteiger partial charge is 0.407 e. The van der Waals surface area contributed by atoms with Crippen LogP contribution in [0, 0.1) is 0 Å². The molecule has 0 bridgehead atoms. The van der Waals surface area contributed by atoms with Gasteiger partial charge in [-0.3, -0.25) is 4.79 Å². The normalized spacial score (nSPS) is 11.2. The van der Waals surface area contributed by atoms with Crippen LogP contribution < -0.4 is 5.32 Å². The van der Waals surface area contributed by atoms with E-state index in [1.807, 2.05) is 60.7 Å². The number of ether oxygens (including phenoxy) is 2. The van der Waals surface area contributed by atoms with Gasteiger partial charge in [0.15, 0.2) is 0 Å². The van der Waals surface area contributed by atoms with Gasteiger partial charge in [0.2, 0.25) is 0 Å². The van der Waals surface area contributed by atoms with Crippen LogP contribution in [0.1, 0.15) is 17.2 Å². The molecule has 0 aliphatic rings. The van der Waals surface area contributed by atoms with E-state index < -0.39 is 18.2 Å². The fraction of sp³-hybridized carbons (Fsp3) is 0.158. The Labute approximate surface area is 140 Å². The van der Waals surface area contributed by atoms with E-state index >= 15 is 0 Å². The molecule has 1 amide bonds. The number of esters is 1. The summed E-state index contributed by atoms with van der Waals surface area (Å²) in [5, 5.41) is 2.36. The molecule has 2 aromatic rings. The van der Waals surface area contributed by atoms with Crippen molar-refractivity contribution >= 4 is 12.1 Å². The summed E-state index contributed by atoms with van der Waals surface area (Å²) in [6.07, 6.45) is 0.299. The molecule has 2 rings (SSSR count). The third-order valence-corrected chi connectivity index (χ3v) is 3.19. The first-order valence-corrected chi connectivity index (χ1v) is 7.50. The van der Waals surface area contributed by atoms with Crippen molar-refractivity contribution in [2.75, 3.05) is 6.54 Å². The van der Waals surface area contributed by atoms with Crippen molar-refractivity contribution in [1.82, 2.24) is 5.32 Å². The molecule has 24 heavy (non-hydrogen) atoms. The number of alkyl carbamates (subject to hydrolysis) is 1. The molecule has 2 aromatic carbocycles. The van der Waals surface area contributed by atoms with Crippen LogP contribution in [0.2, 0.25) is 0 Å². The third-order valence-electron chi connectivity index (χ3n) is 3.19. The van der Waals surface area contributed by atoms with Crippen LogP contribution in [0.25, 0.3) is 0 Å². The number of carbonyl (C=O) groups excluding carboxylic acids is 2. The van der Waals surface area contributed by atoms with Gasteiger partial charge in [-0.1, -0.05) is 67.2 Å². The monoisotopic (exact) mass is 325 g/mol. The number of nitrogens with one attached hydrogen (secondary N) is 1. The zero-order chi connectivity index (χ0) is 17.2. The zero-order valence-corrected chi connectivity index (χ0v) is 13.2. The molecule has 0 aliphatic carbocycles. The van der Waals surface area contributed by atoms with Gasteiger partial charge < -0.3 is 14.8 Å². The molecular formula is C19H19NO4. The van der Waals surface area contributed by atoms with E-state index in [1.165, 1.54) is 6.08 Å². The average Bonchev–Trinajstić information content (AvgIpc) is 2.64. The molecule has 0 radical (unpaired) electrons. The number of hydrogen-bond donors (Lipinski definition) is 1. The van der Waals surface area contributed by atoms with Gasteiger partial charge in [0.25, 0.3) is 0 Å². The maximum absolute atomic E-state index is 11.8. The molecule has 0 saturated heterocycles. The van der Waals surface area contributed by atoms with Crippen LogP contribution in [-0.4, -0.2) is 18.6 Å². The van der Waals surface area contributed by atoms with Crippen molar-refractivity contribution in [3.8, 4) is 0 Å². The molecule has 0 spiro atoms. The molecule has 1 N–H and O–H groups in total. The SMILES string of the molecule is C=C[C@@H](OC(=O)CNC(=O)OCc1ccccc1)c1ccccc1. The topological polar surface area (TPSA) is 64.6 Å². The van der Waals surface area contributed by atoms with E-state index in [1.54, 1.807) is 0 Å². The van der Waals surface area contributed by atoms with Gasteiger partial charge in [0.1, 0.15) is 19.3 Å². The van der Waals surface area contributed by atoms with E-state index in [-0.39, 0.29) is 13.2 Å². The quantitative estimate of drug-likeness (QED) is 0.626. The molecular weight excluding hydrogens is 306 g/mol. The first kappa shape index (κ1) is 17.3. The van der Waals surface area contributed by atoms with E-state index in [0.717, 1.165) is 11.1 Å². The highest BCUT2D eigenvalue weighted by Gasteiger charge is 2.14. The van der Waals surface area contributed by atoms with Gasteiger partial charge in [0, 0.05) is 0 Å². The van der Waals surface area contributed by atoms with Crippen molar-refractivity contribution in [1.29, 1.82) is 0 Å². The minimum atomic E-state index is -0.675. The lowest BCUT2D eigenvalue weighted by molar-refractivity contribution is -0.146. The summed E-state index contributed by atoms with van der Waals surface area (Å²) in [6.45, 7) is 3.53. The predicted octanol–water partition coefficient (Wildman–Crippen LogP) is 3.38. The summed E-state index contributed by atoms with van der Waals surface area (Å²) >= 11 is 0. The van der Waals surface area contributed by atoms with Gasteiger partial charge in [-0.15, -0.1) is 0 Å². The predicted molar refractivity (Wildman–Crippen MR) is 90.1 cm³/mol. The minimum Gasteiger partial charge on any atom is -0.452 e. The van der Waals surface area contributed by atoms with Crippen molar-refractivity contribution in [3.05, 3.63) is 84.4 Å². The molecule has 0 saturated carbocycles. The number of benzene rings is 2. The summed E-state index contributed by atoms with van der Waals surface area (Å²) in [5.41, 5.74) is 1.68. The van der Waals surface area contributed by atoms with E-state index in [9.17, 15) is 9.59 Å². The summed E-state index contributed by atoms with van der Waals surface area (Å²) in [4.78, 5) is 23.4. The Balaban J connectivity index is 1.74. The standard InChI is InChI=1S/C19H19NO4/c1-2-17(16-11-7-4-8-12-16)24-18(21)13-20-19(22)23-14-15-9-5-3-6-10-15/h2-12,17H,1,13-14H2,(H,20,22)/t17-/m1/s1. The van der Waals surface area contributed by atoms with E-state index in [4.69, 9.17) is 9.47 Å². The minimum absolute atomic E-state index is 0.140. The number of rotatable bonds is 7. The van der Waals surface area contributed by atoms with Crippen LogP contribution in [0.4, 0.5) is 4.79 Å². The molecule has 0 fully saturated rings. The zero-order valence-electron chi connectivity index (χ0n) is 13.2. The highest BCUT2D eigenvalue weighted by Crippen LogP contribution is 2.17. The molecule has 0 aliphatic heterocycles. The molecule has 5 nitrogen and oxygen atoms in total. The van der Waals surface area contributed by atoms with Gasteiger partial charge >= 0.3 is 12.1 Å². The number of carbonyl (C=O) groups is 2. The van der Waals surface area contributed by atoms with Crippen molar-refractivity contribution < 1.29 is 19.1 Å². The number of amides is 1. The van der Waals surface area contributed by atoms with Crippen LogP contribution in [-0.2, 0) is 20.9 Å². The highest BCUT2D eigenvalue weighted by molar-refractivity contribution is 5.78. The Kier molecular flexibility index (Phi) is 6.58. The van der Waals surface area contributed by atoms with Crippen LogP contribution in [0.15, 0.2) is 73.3 Å². The van der Waals surface area contributed by atoms with Gasteiger partial charge in [-0.2, -0.15) is 0 Å². The van der Waals surface area contributed by atoms with Gasteiger partial charge in [-0.25, -0.2) is 4.79 Å². The Hall–Kier alpha value is -3.08. The molecule has 0 heterocycles. The first-order valence-electron chi connectivity index (χ1n) is 7.50. The second-order valence-corrected chi connectivity index (χ2v) is 4.97. The van der Waals surface area contributed by atoms with Crippen molar-refractivity contribution in [2.24, 2.45) is 0 Å². The molecule has 0 unspecified atom stereocenters. The Morgan fingerprint density at radius 2 is 1.67 bits per heavy atom. The van der Waals surface area contributed by atoms with Crippen molar-refractivity contribution in [2.45, 2.75) is 12.7 Å². The lowest BCUT2D eigenvalue weighted by atomic mass is 10.1. The summed E-state index contributed by atoms with van der Waals surface area (Å²) < 4.78 is 10.3. The summed E-state index contributed by atoms with van der Waals surface area (Å²) in [6, 6.07) is 18.5. The van der Waals surface area contributed by atoms with Gasteiger partial charge in [0.05, 0.1) is 0 Å². The summed E-state index contributed by atoms with van der Waals surface area (Å²) in [7, 11) is 0. The van der Waals surface area contributed by atoms with Crippen LogP contribution >= 0.6 is 0 Å². The Morgan fingerprint density at radius 3 is 2.29 bits per heavy atom. The van der Waals surface area contributed by atoms with Crippen molar-refractivity contribution in [3.63, 3.8) is 0 Å². The average molecular weight is 325 g/mol. The molecule has 0 aromatic heterocycles. The lowest BCUT2D eigenvalue weighted by Crippen LogP contribution is -2.31. The maximum Gasteiger partial charge on any atom is 0.407 e. The van der Waals surface area contributed by atoms with E-state index in [2.05, 4.69) is 11.9 Å². The highest BCUT2D eigenvalue weighted by atomic mass is 16.6. The maximum atomic E-state index is 11.8. The second-order valence-electron chi connectivity index (χ2n) is 4.97. The van der Waals surface area contributed by atoms with Crippen LogP contribution in [0.5, 0.6) is 0 Å². The number of hydrogen-bond acceptors (Lipinski definition) is 4. The summed E-state index contributed by atoms with van der Waals surface area (Å²) in [5.74, 6) is -0.569. The third kappa shape index (κ3) is 5.61. The molecule has 1 atom stereocenters. The Bertz CT molecular complexity index is 670. The molecule has 5 heteroatoms. The van der Waals surface area contributed by atoms with Crippen LogP contribution in [0.3, 0.4) is 0 Å². The molecule has 124 valence electrons. The van der Waals surface area contributed by atoms with E-state index in [0.29, 0.717) is 0 Å².